The second-order valence-electron chi connectivity index (χ2n) is 12.4. The minimum Gasteiger partial charge on any atom is -0.308 e. The summed E-state index contributed by atoms with van der Waals surface area (Å²) in [5.41, 5.74) is 15.9. The molecule has 9 rings (SSSR count). The number of para-hydroxylation sites is 1. The second kappa shape index (κ2) is 6.17. The molecule has 3 aliphatic rings. The van der Waals surface area contributed by atoms with Crippen LogP contribution in [-0.4, -0.2) is 4.40 Å². The first-order valence-corrected chi connectivity index (χ1v) is 13.7. The number of aromatic nitrogens is 1. The third-order valence-electron chi connectivity index (χ3n) is 10.1. The third-order valence-corrected chi connectivity index (χ3v) is 10.1. The van der Waals surface area contributed by atoms with E-state index in [1.54, 1.807) is 5.57 Å². The Labute approximate surface area is 217 Å². The van der Waals surface area contributed by atoms with Gasteiger partial charge in [0.1, 0.15) is 0 Å². The molecular weight excluding hydrogens is 446 g/mol. The van der Waals surface area contributed by atoms with Crippen LogP contribution in [0.3, 0.4) is 0 Å². The third kappa shape index (κ3) is 2.10. The first-order valence-electron chi connectivity index (χ1n) is 13.7. The average molecular weight is 476 g/mol. The van der Waals surface area contributed by atoms with E-state index in [1.165, 1.54) is 83.5 Å². The minimum absolute atomic E-state index is 0.0107. The van der Waals surface area contributed by atoms with Crippen molar-refractivity contribution in [3.8, 4) is 11.1 Å². The summed E-state index contributed by atoms with van der Waals surface area (Å²) in [5, 5.41) is 5.62. The summed E-state index contributed by atoms with van der Waals surface area (Å²) in [6, 6.07) is 25.7. The van der Waals surface area contributed by atoms with Crippen molar-refractivity contribution < 1.29 is 0 Å². The number of fused-ring (bicyclic) bond motifs is 13. The van der Waals surface area contributed by atoms with Gasteiger partial charge in [-0.05, 0) is 63.9 Å². The van der Waals surface area contributed by atoms with E-state index in [2.05, 4.69) is 111 Å². The Morgan fingerprint density at radius 1 is 0.649 bits per heavy atom. The van der Waals surface area contributed by atoms with Crippen LogP contribution in [0.4, 0.5) is 0 Å². The van der Waals surface area contributed by atoms with Crippen LogP contribution in [0.5, 0.6) is 0 Å². The normalized spacial score (nSPS) is 18.8. The summed E-state index contributed by atoms with van der Waals surface area (Å²) in [7, 11) is 0. The minimum atomic E-state index is 0.0107. The highest BCUT2D eigenvalue weighted by molar-refractivity contribution is 6.28. The van der Waals surface area contributed by atoms with Gasteiger partial charge in [0.25, 0.3) is 0 Å². The van der Waals surface area contributed by atoms with E-state index in [4.69, 9.17) is 0 Å². The Balaban J connectivity index is 1.50. The van der Waals surface area contributed by atoms with Crippen molar-refractivity contribution in [1.82, 2.24) is 4.40 Å². The van der Waals surface area contributed by atoms with Crippen LogP contribution in [-0.2, 0) is 10.8 Å². The van der Waals surface area contributed by atoms with Crippen molar-refractivity contribution in [2.75, 3.05) is 0 Å². The molecule has 0 amide bonds. The molecular formula is C36H29N. The van der Waals surface area contributed by atoms with Gasteiger partial charge in [0, 0.05) is 32.4 Å². The molecule has 0 fully saturated rings. The van der Waals surface area contributed by atoms with E-state index < -0.39 is 0 Å². The van der Waals surface area contributed by atoms with Gasteiger partial charge in [-0.25, -0.2) is 0 Å². The summed E-state index contributed by atoms with van der Waals surface area (Å²) in [5.74, 6) is 0. The van der Waals surface area contributed by atoms with Crippen molar-refractivity contribution in [3.63, 3.8) is 0 Å². The summed E-state index contributed by atoms with van der Waals surface area (Å²) in [6.45, 7) is 9.60. The van der Waals surface area contributed by atoms with Gasteiger partial charge in [0.2, 0.25) is 0 Å². The Morgan fingerprint density at radius 2 is 1.32 bits per heavy atom. The molecule has 0 radical (unpaired) electrons. The topological polar surface area (TPSA) is 4.41 Å². The maximum absolute atomic E-state index is 2.57. The molecule has 6 aromatic rings. The van der Waals surface area contributed by atoms with Crippen LogP contribution in [0.15, 0.2) is 84.5 Å². The Morgan fingerprint density at radius 3 is 2.08 bits per heavy atom. The fourth-order valence-corrected chi connectivity index (χ4v) is 8.36. The fourth-order valence-electron chi connectivity index (χ4n) is 8.36. The first-order chi connectivity index (χ1) is 17.9. The number of hydrogen-bond donors (Lipinski definition) is 0. The molecule has 1 nitrogen and oxygen atoms in total. The van der Waals surface area contributed by atoms with Crippen molar-refractivity contribution >= 4 is 43.7 Å². The lowest BCUT2D eigenvalue weighted by Crippen LogP contribution is -2.17. The predicted octanol–water partition coefficient (Wildman–Crippen LogP) is 9.54. The van der Waals surface area contributed by atoms with Gasteiger partial charge in [0.05, 0.1) is 16.6 Å². The van der Waals surface area contributed by atoms with Crippen LogP contribution < -0.4 is 0 Å². The summed E-state index contributed by atoms with van der Waals surface area (Å²) in [4.78, 5) is 0. The van der Waals surface area contributed by atoms with E-state index in [0.717, 1.165) is 6.42 Å². The van der Waals surface area contributed by atoms with Gasteiger partial charge in [-0.2, -0.15) is 0 Å². The lowest BCUT2D eigenvalue weighted by atomic mass is 9.78. The maximum Gasteiger partial charge on any atom is 0.0620 e. The Bertz CT molecular complexity index is 2070. The average Bonchev–Trinajstić information content (AvgIpc) is 3.57. The quantitative estimate of drug-likeness (QED) is 0.206. The van der Waals surface area contributed by atoms with E-state index in [9.17, 15) is 0 Å². The molecule has 3 aliphatic carbocycles. The highest BCUT2D eigenvalue weighted by Gasteiger charge is 2.40. The largest absolute Gasteiger partial charge is 0.308 e. The molecule has 2 heterocycles. The molecule has 0 bridgehead atoms. The van der Waals surface area contributed by atoms with Gasteiger partial charge in [0.15, 0.2) is 0 Å². The van der Waals surface area contributed by atoms with Crippen molar-refractivity contribution in [1.29, 1.82) is 0 Å². The lowest BCUT2D eigenvalue weighted by molar-refractivity contribution is 0.608. The molecule has 2 aromatic heterocycles. The molecule has 0 aliphatic heterocycles. The molecule has 0 N–H and O–H groups in total. The summed E-state index contributed by atoms with van der Waals surface area (Å²) >= 11 is 0. The fraction of sp³-hybridized carbons (Fsp3) is 0.222. The van der Waals surface area contributed by atoms with Gasteiger partial charge >= 0.3 is 0 Å². The zero-order chi connectivity index (χ0) is 24.8. The number of rotatable bonds is 0. The maximum atomic E-state index is 2.57. The Hall–Kier alpha value is -3.84. The van der Waals surface area contributed by atoms with Gasteiger partial charge in [-0.3, -0.25) is 0 Å². The van der Waals surface area contributed by atoms with E-state index in [-0.39, 0.29) is 10.8 Å². The summed E-state index contributed by atoms with van der Waals surface area (Å²) < 4.78 is 2.57. The van der Waals surface area contributed by atoms with Crippen LogP contribution in [0.25, 0.3) is 54.8 Å². The smallest absolute Gasteiger partial charge is 0.0620 e. The highest BCUT2D eigenvalue weighted by atomic mass is 14.9. The summed E-state index contributed by atoms with van der Waals surface area (Å²) in [6.07, 6.45) is 7.10. The number of allylic oxidation sites excluding steroid dienone is 4. The lowest BCUT2D eigenvalue weighted by Gasteiger charge is -2.25. The second-order valence-corrected chi connectivity index (χ2v) is 12.4. The number of hydrogen-bond acceptors (Lipinski definition) is 0. The van der Waals surface area contributed by atoms with Gasteiger partial charge < -0.3 is 4.40 Å². The molecule has 37 heavy (non-hydrogen) atoms. The molecule has 0 atom stereocenters. The Kier molecular flexibility index (Phi) is 3.37. The van der Waals surface area contributed by atoms with Crippen molar-refractivity contribution in [2.24, 2.45) is 0 Å². The highest BCUT2D eigenvalue weighted by Crippen LogP contribution is 2.56. The van der Waals surface area contributed by atoms with E-state index in [1.807, 2.05) is 0 Å². The van der Waals surface area contributed by atoms with Crippen LogP contribution in [0, 0.1) is 0 Å². The first kappa shape index (κ1) is 20.2. The van der Waals surface area contributed by atoms with Crippen LogP contribution in [0.1, 0.15) is 62.8 Å². The zero-order valence-corrected chi connectivity index (χ0v) is 21.9. The van der Waals surface area contributed by atoms with Crippen molar-refractivity contribution in [2.45, 2.75) is 51.4 Å². The van der Waals surface area contributed by atoms with E-state index in [0.29, 0.717) is 0 Å². The van der Waals surface area contributed by atoms with Crippen LogP contribution >= 0.6 is 0 Å². The molecule has 1 heteroatoms. The molecule has 0 unspecified atom stereocenters. The SMILES string of the molecule is CC1(C)C2=C(C=CCC2)c2c1ccc1c2c2cccc3c4c5c(ccc4n1c23)C(C)(C)c1ccccc1-5. The molecule has 178 valence electrons. The van der Waals surface area contributed by atoms with Crippen LogP contribution in [0.2, 0.25) is 0 Å². The molecule has 0 spiro atoms. The number of nitrogens with zero attached hydrogens (tertiary/aromatic N) is 1. The molecule has 4 aromatic carbocycles. The number of benzene rings is 4. The van der Waals surface area contributed by atoms with Gasteiger partial charge in [-0.1, -0.05) is 100 Å². The molecule has 0 saturated heterocycles. The van der Waals surface area contributed by atoms with E-state index >= 15 is 0 Å². The zero-order valence-electron chi connectivity index (χ0n) is 21.9. The molecule has 0 saturated carbocycles. The predicted molar refractivity (Wildman–Crippen MR) is 157 cm³/mol. The standard InChI is InChI=1S/C36H29N/c1-35(2)24-14-7-5-10-20(24)30-26(35)16-18-28-32(30)22-12-9-13-23-33-29(37(28)34(22)23)19-17-27-31(33)21-11-6-8-15-25(21)36(27,3)4/h5-7,9-14,16-19H,8,15H2,1-4H3. The van der Waals surface area contributed by atoms with Crippen molar-refractivity contribution in [3.05, 3.63) is 107 Å². The van der Waals surface area contributed by atoms with Gasteiger partial charge in [-0.15, -0.1) is 0 Å². The monoisotopic (exact) mass is 475 g/mol.